The summed E-state index contributed by atoms with van der Waals surface area (Å²) in [4.78, 5) is 23.7. The van der Waals surface area contributed by atoms with Gasteiger partial charge in [-0.3, -0.25) is 9.59 Å². The first-order valence-corrected chi connectivity index (χ1v) is 7.46. The molecule has 0 saturated heterocycles. The van der Waals surface area contributed by atoms with Crippen LogP contribution in [0.5, 0.6) is 0 Å². The third kappa shape index (κ3) is 2.92. The number of ether oxygens (including phenoxy) is 1. The van der Waals surface area contributed by atoms with Crippen LogP contribution in [0.4, 0.5) is 0 Å². The molecular weight excluding hydrogens is 252 g/mol. The maximum absolute atomic E-state index is 11.8. The fraction of sp³-hybridized carbons (Fsp3) is 0.529. The third-order valence-electron chi connectivity index (χ3n) is 4.77. The van der Waals surface area contributed by atoms with E-state index in [2.05, 4.69) is 0 Å². The predicted molar refractivity (Wildman–Crippen MR) is 75.3 cm³/mol. The van der Waals surface area contributed by atoms with Crippen LogP contribution in [0.15, 0.2) is 30.3 Å². The zero-order valence-electron chi connectivity index (χ0n) is 11.6. The number of rotatable bonds is 5. The van der Waals surface area contributed by atoms with Crippen molar-refractivity contribution in [2.45, 2.75) is 32.1 Å². The molecule has 3 rings (SSSR count). The van der Waals surface area contributed by atoms with Gasteiger partial charge in [0.05, 0.1) is 0 Å². The van der Waals surface area contributed by atoms with Crippen molar-refractivity contribution in [3.63, 3.8) is 0 Å². The largest absolute Gasteiger partial charge is 0.457 e. The van der Waals surface area contributed by atoms with E-state index < -0.39 is 0 Å². The lowest BCUT2D eigenvalue weighted by Crippen LogP contribution is -2.19. The molecule has 106 valence electrons. The second-order valence-electron chi connectivity index (χ2n) is 6.09. The zero-order chi connectivity index (χ0) is 13.9. The van der Waals surface area contributed by atoms with Gasteiger partial charge < -0.3 is 4.74 Å². The Morgan fingerprint density at radius 2 is 1.90 bits per heavy atom. The minimum Gasteiger partial charge on any atom is -0.457 e. The highest BCUT2D eigenvalue weighted by Crippen LogP contribution is 2.49. The van der Waals surface area contributed by atoms with Crippen LogP contribution in [0.2, 0.25) is 0 Å². The van der Waals surface area contributed by atoms with Crippen molar-refractivity contribution in [2.24, 2.45) is 17.8 Å². The SMILES string of the molecule is O=C(CC1CC2CCC1C2)OCC(=O)c1ccccc1. The van der Waals surface area contributed by atoms with Gasteiger partial charge in [-0.25, -0.2) is 0 Å². The highest BCUT2D eigenvalue weighted by molar-refractivity contribution is 5.97. The maximum atomic E-state index is 11.8. The summed E-state index contributed by atoms with van der Waals surface area (Å²) in [5, 5.41) is 0. The number of hydrogen-bond acceptors (Lipinski definition) is 3. The Kier molecular flexibility index (Phi) is 3.86. The van der Waals surface area contributed by atoms with Crippen molar-refractivity contribution in [1.29, 1.82) is 0 Å². The first-order valence-electron chi connectivity index (χ1n) is 7.46. The van der Waals surface area contributed by atoms with Crippen molar-refractivity contribution < 1.29 is 14.3 Å². The van der Waals surface area contributed by atoms with Crippen LogP contribution in [0, 0.1) is 17.8 Å². The lowest BCUT2D eigenvalue weighted by molar-refractivity contribution is -0.144. The summed E-state index contributed by atoms with van der Waals surface area (Å²) in [5.74, 6) is 1.70. The van der Waals surface area contributed by atoms with E-state index in [1.807, 2.05) is 18.2 Å². The number of fused-ring (bicyclic) bond motifs is 2. The molecule has 3 nitrogen and oxygen atoms in total. The summed E-state index contributed by atoms with van der Waals surface area (Å²) >= 11 is 0. The van der Waals surface area contributed by atoms with Crippen LogP contribution in [-0.4, -0.2) is 18.4 Å². The topological polar surface area (TPSA) is 43.4 Å². The van der Waals surface area contributed by atoms with Gasteiger partial charge in [0.25, 0.3) is 0 Å². The summed E-state index contributed by atoms with van der Waals surface area (Å²) in [6, 6.07) is 8.96. The van der Waals surface area contributed by atoms with E-state index in [1.54, 1.807) is 12.1 Å². The Morgan fingerprint density at radius 1 is 1.10 bits per heavy atom. The van der Waals surface area contributed by atoms with Crippen LogP contribution in [0.3, 0.4) is 0 Å². The van der Waals surface area contributed by atoms with Crippen molar-refractivity contribution in [3.05, 3.63) is 35.9 Å². The zero-order valence-corrected chi connectivity index (χ0v) is 11.6. The summed E-state index contributed by atoms with van der Waals surface area (Å²) < 4.78 is 5.14. The van der Waals surface area contributed by atoms with Gasteiger partial charge in [-0.15, -0.1) is 0 Å². The fourth-order valence-electron chi connectivity index (χ4n) is 3.75. The van der Waals surface area contributed by atoms with Gasteiger partial charge in [0.1, 0.15) is 0 Å². The van der Waals surface area contributed by atoms with Crippen LogP contribution in [-0.2, 0) is 9.53 Å². The molecule has 1 aromatic rings. The molecule has 0 heterocycles. The van der Waals surface area contributed by atoms with E-state index in [0.29, 0.717) is 17.9 Å². The number of benzene rings is 1. The number of ketones is 1. The van der Waals surface area contributed by atoms with Gasteiger partial charge >= 0.3 is 5.97 Å². The van der Waals surface area contributed by atoms with E-state index in [0.717, 1.165) is 11.8 Å². The summed E-state index contributed by atoms with van der Waals surface area (Å²) in [7, 11) is 0. The quantitative estimate of drug-likeness (QED) is 0.610. The summed E-state index contributed by atoms with van der Waals surface area (Å²) in [6.07, 6.45) is 5.56. The molecule has 2 saturated carbocycles. The molecule has 0 aliphatic heterocycles. The number of carbonyl (C=O) groups excluding carboxylic acids is 2. The van der Waals surface area contributed by atoms with Gasteiger partial charge in [0, 0.05) is 12.0 Å². The molecule has 2 aliphatic rings. The van der Waals surface area contributed by atoms with Crippen LogP contribution < -0.4 is 0 Å². The van der Waals surface area contributed by atoms with E-state index >= 15 is 0 Å². The van der Waals surface area contributed by atoms with E-state index in [9.17, 15) is 9.59 Å². The van der Waals surface area contributed by atoms with Gasteiger partial charge in [-0.05, 0) is 37.0 Å². The number of esters is 1. The molecule has 2 bridgehead atoms. The third-order valence-corrected chi connectivity index (χ3v) is 4.77. The van der Waals surface area contributed by atoms with Crippen molar-refractivity contribution in [3.8, 4) is 0 Å². The fourth-order valence-corrected chi connectivity index (χ4v) is 3.75. The molecule has 20 heavy (non-hydrogen) atoms. The van der Waals surface area contributed by atoms with Gasteiger partial charge in [0.15, 0.2) is 12.4 Å². The number of carbonyl (C=O) groups is 2. The van der Waals surface area contributed by atoms with Crippen LogP contribution >= 0.6 is 0 Å². The van der Waals surface area contributed by atoms with Crippen LogP contribution in [0.25, 0.3) is 0 Å². The second kappa shape index (κ2) is 5.78. The van der Waals surface area contributed by atoms with Gasteiger partial charge in [-0.1, -0.05) is 36.8 Å². The van der Waals surface area contributed by atoms with Gasteiger partial charge in [-0.2, -0.15) is 0 Å². The Labute approximate surface area is 119 Å². The average Bonchev–Trinajstić information content (AvgIpc) is 3.08. The summed E-state index contributed by atoms with van der Waals surface area (Å²) in [5.41, 5.74) is 0.597. The van der Waals surface area contributed by atoms with E-state index in [1.165, 1.54) is 25.7 Å². The minimum absolute atomic E-state index is 0.133. The molecule has 0 N–H and O–H groups in total. The summed E-state index contributed by atoms with van der Waals surface area (Å²) in [6.45, 7) is -0.135. The molecular formula is C17H20O3. The molecule has 1 aromatic carbocycles. The minimum atomic E-state index is -0.216. The van der Waals surface area contributed by atoms with E-state index in [4.69, 9.17) is 4.74 Å². The molecule has 2 aliphatic carbocycles. The monoisotopic (exact) mass is 272 g/mol. The van der Waals surface area contributed by atoms with Crippen molar-refractivity contribution in [2.75, 3.05) is 6.61 Å². The molecule has 0 radical (unpaired) electrons. The number of hydrogen-bond donors (Lipinski definition) is 0. The lowest BCUT2D eigenvalue weighted by Gasteiger charge is -2.20. The van der Waals surface area contributed by atoms with E-state index in [-0.39, 0.29) is 18.4 Å². The highest BCUT2D eigenvalue weighted by Gasteiger charge is 2.40. The molecule has 0 spiro atoms. The Bertz CT molecular complexity index is 494. The first-order chi connectivity index (χ1) is 9.72. The molecule has 3 atom stereocenters. The van der Waals surface area contributed by atoms with Crippen LogP contribution in [0.1, 0.15) is 42.5 Å². The Morgan fingerprint density at radius 3 is 2.55 bits per heavy atom. The molecule has 2 fully saturated rings. The standard InChI is InChI=1S/C17H20O3/c18-16(13-4-2-1-3-5-13)11-20-17(19)10-15-9-12-6-7-14(15)8-12/h1-5,12,14-15H,6-11H2. The molecule has 0 aromatic heterocycles. The second-order valence-corrected chi connectivity index (χ2v) is 6.09. The predicted octanol–water partition coefficient (Wildman–Crippen LogP) is 3.24. The normalized spacial score (nSPS) is 27.5. The van der Waals surface area contributed by atoms with Crippen molar-refractivity contribution >= 4 is 11.8 Å². The number of Topliss-reactive ketones (excluding diaryl/α,β-unsaturated/α-hetero) is 1. The first kappa shape index (κ1) is 13.3. The Hall–Kier alpha value is -1.64. The highest BCUT2D eigenvalue weighted by atomic mass is 16.5. The van der Waals surface area contributed by atoms with Crippen molar-refractivity contribution in [1.82, 2.24) is 0 Å². The molecule has 3 unspecified atom stereocenters. The maximum Gasteiger partial charge on any atom is 0.306 e. The molecule has 0 amide bonds. The lowest BCUT2D eigenvalue weighted by atomic mass is 9.86. The Balaban J connectivity index is 1.44. The molecule has 3 heteroatoms. The van der Waals surface area contributed by atoms with Gasteiger partial charge in [0.2, 0.25) is 0 Å². The average molecular weight is 272 g/mol. The smallest absolute Gasteiger partial charge is 0.306 e.